The lowest BCUT2D eigenvalue weighted by atomic mass is 10.1. The third-order valence-corrected chi connectivity index (χ3v) is 4.40. The number of hydrogen-bond donors (Lipinski definition) is 1. The van der Waals surface area contributed by atoms with Crippen LogP contribution in [0.25, 0.3) is 0 Å². The molecule has 0 spiro atoms. The molecule has 2 rings (SSSR count). The molecule has 2 atom stereocenters. The Morgan fingerprint density at radius 1 is 1.09 bits per heavy atom. The lowest BCUT2D eigenvalue weighted by Crippen LogP contribution is -2.29. The van der Waals surface area contributed by atoms with Gasteiger partial charge in [0, 0.05) is 15.5 Å². The van der Waals surface area contributed by atoms with Crippen LogP contribution in [0.2, 0.25) is 5.02 Å². The lowest BCUT2D eigenvalue weighted by molar-refractivity contribution is -0.154. The van der Waals surface area contributed by atoms with Crippen LogP contribution in [0.3, 0.4) is 0 Å². The van der Waals surface area contributed by atoms with Gasteiger partial charge in [-0.2, -0.15) is 0 Å². The average Bonchev–Trinajstić information content (AvgIpc) is 2.55. The fourth-order valence-electron chi connectivity index (χ4n) is 1.90. The molecule has 0 aliphatic rings. The lowest BCUT2D eigenvalue weighted by Gasteiger charge is -2.18. The van der Waals surface area contributed by atoms with Crippen molar-refractivity contribution in [2.75, 3.05) is 0 Å². The van der Waals surface area contributed by atoms with E-state index in [4.69, 9.17) is 22.1 Å². The number of nitrogens with two attached hydrogens (primary N) is 1. The molecule has 1 amide bonds. The predicted molar refractivity (Wildman–Crippen MR) is 91.2 cm³/mol. The summed E-state index contributed by atoms with van der Waals surface area (Å²) >= 11 is 7.15. The highest BCUT2D eigenvalue weighted by Crippen LogP contribution is 2.27. The zero-order chi connectivity index (χ0) is 16.8. The molecule has 6 heteroatoms. The zero-order valence-electron chi connectivity index (χ0n) is 12.4. The fourth-order valence-corrected chi connectivity index (χ4v) is 2.87. The fraction of sp³-hybridized carbons (Fsp3) is 0.176. The minimum absolute atomic E-state index is 0.485. The van der Waals surface area contributed by atoms with Gasteiger partial charge in [0.15, 0.2) is 0 Å². The maximum Gasteiger partial charge on any atom is 0.320 e. The Hall–Kier alpha value is -1.98. The van der Waals surface area contributed by atoms with E-state index >= 15 is 0 Å². The van der Waals surface area contributed by atoms with Crippen molar-refractivity contribution >= 4 is 35.2 Å². The van der Waals surface area contributed by atoms with Gasteiger partial charge in [0.1, 0.15) is 5.25 Å². The molecule has 0 radical (unpaired) electrons. The smallest absolute Gasteiger partial charge is 0.320 e. The van der Waals surface area contributed by atoms with E-state index in [9.17, 15) is 9.59 Å². The van der Waals surface area contributed by atoms with Gasteiger partial charge in [-0.05, 0) is 31.2 Å². The number of primary amides is 1. The number of benzene rings is 2. The first kappa shape index (κ1) is 17.4. The van der Waals surface area contributed by atoms with E-state index in [0.717, 1.165) is 4.90 Å². The Balaban J connectivity index is 2.03. The number of halogens is 1. The van der Waals surface area contributed by atoms with Crippen LogP contribution in [-0.4, -0.2) is 17.1 Å². The van der Waals surface area contributed by atoms with Gasteiger partial charge in [-0.15, -0.1) is 11.8 Å². The molecule has 0 aromatic heterocycles. The van der Waals surface area contributed by atoms with Gasteiger partial charge in [-0.25, -0.2) is 0 Å². The third-order valence-electron chi connectivity index (χ3n) is 3.05. The van der Waals surface area contributed by atoms with Crippen molar-refractivity contribution in [3.8, 4) is 0 Å². The number of rotatable bonds is 6. The number of hydrogen-bond acceptors (Lipinski definition) is 4. The maximum atomic E-state index is 12.2. The molecule has 0 aliphatic heterocycles. The summed E-state index contributed by atoms with van der Waals surface area (Å²) in [7, 11) is 0. The van der Waals surface area contributed by atoms with Crippen molar-refractivity contribution in [2.45, 2.75) is 23.2 Å². The van der Waals surface area contributed by atoms with Crippen LogP contribution in [0.15, 0.2) is 59.5 Å². The predicted octanol–water partition coefficient (Wildman–Crippen LogP) is 3.59. The molecular formula is C17H16ClNO3S. The monoisotopic (exact) mass is 349 g/mol. The highest BCUT2D eigenvalue weighted by Gasteiger charge is 2.25. The van der Waals surface area contributed by atoms with Crippen LogP contribution in [0, 0.1) is 0 Å². The first-order valence-corrected chi connectivity index (χ1v) is 8.20. The number of thioether (sulfide) groups is 1. The summed E-state index contributed by atoms with van der Waals surface area (Å²) in [6.45, 7) is 1.71. The van der Waals surface area contributed by atoms with Crippen molar-refractivity contribution in [1.29, 1.82) is 0 Å². The second-order valence-electron chi connectivity index (χ2n) is 4.84. The highest BCUT2D eigenvalue weighted by atomic mass is 35.5. The summed E-state index contributed by atoms with van der Waals surface area (Å²) in [6, 6.07) is 15.8. The maximum absolute atomic E-state index is 12.2. The first-order chi connectivity index (χ1) is 11.0. The van der Waals surface area contributed by atoms with Crippen LogP contribution in [0.5, 0.6) is 0 Å². The summed E-state index contributed by atoms with van der Waals surface area (Å²) in [5, 5.41) is 0.143. The molecule has 2 N–H and O–H groups in total. The summed E-state index contributed by atoms with van der Waals surface area (Å²) < 4.78 is 5.30. The molecule has 2 aromatic carbocycles. The second kappa shape index (κ2) is 8.04. The highest BCUT2D eigenvalue weighted by molar-refractivity contribution is 8.00. The molecule has 4 nitrogen and oxygen atoms in total. The quantitative estimate of drug-likeness (QED) is 0.639. The molecule has 2 aromatic rings. The molecular weight excluding hydrogens is 334 g/mol. The van der Waals surface area contributed by atoms with Crippen molar-refractivity contribution in [3.63, 3.8) is 0 Å². The molecule has 0 saturated carbocycles. The molecule has 0 aliphatic carbocycles. The van der Waals surface area contributed by atoms with Gasteiger partial charge in [0.05, 0.1) is 0 Å². The van der Waals surface area contributed by atoms with Gasteiger partial charge >= 0.3 is 5.97 Å². The van der Waals surface area contributed by atoms with E-state index in [0.29, 0.717) is 10.6 Å². The molecule has 23 heavy (non-hydrogen) atoms. The Kier molecular flexibility index (Phi) is 6.07. The average molecular weight is 350 g/mol. The van der Waals surface area contributed by atoms with Crippen LogP contribution in [0.4, 0.5) is 0 Å². The molecule has 0 fully saturated rings. The van der Waals surface area contributed by atoms with E-state index in [1.54, 1.807) is 43.3 Å². The Bertz CT molecular complexity index is 676. The van der Waals surface area contributed by atoms with Gasteiger partial charge in [0.2, 0.25) is 6.10 Å². The number of esters is 1. The number of ether oxygens (including phenoxy) is 1. The number of amides is 1. The minimum atomic E-state index is -1.09. The Labute approximate surface area is 144 Å². The van der Waals surface area contributed by atoms with Crippen molar-refractivity contribution in [2.24, 2.45) is 5.73 Å². The topological polar surface area (TPSA) is 69.4 Å². The molecule has 0 saturated heterocycles. The van der Waals surface area contributed by atoms with Gasteiger partial charge < -0.3 is 10.5 Å². The molecule has 0 unspecified atom stereocenters. The number of carbonyl (C=O) groups is 2. The van der Waals surface area contributed by atoms with E-state index < -0.39 is 23.2 Å². The molecule has 0 bridgehead atoms. The van der Waals surface area contributed by atoms with Crippen LogP contribution in [-0.2, 0) is 14.3 Å². The van der Waals surface area contributed by atoms with Crippen LogP contribution >= 0.6 is 23.4 Å². The second-order valence-corrected chi connectivity index (χ2v) is 6.69. The van der Waals surface area contributed by atoms with Gasteiger partial charge in [-0.3, -0.25) is 9.59 Å². The Morgan fingerprint density at radius 2 is 1.70 bits per heavy atom. The van der Waals surface area contributed by atoms with Crippen LogP contribution < -0.4 is 5.73 Å². The summed E-state index contributed by atoms with van der Waals surface area (Å²) in [6.07, 6.45) is -1.09. The standard InChI is InChI=1S/C17H16ClNO3S/c1-11(23-14-9-7-13(18)8-10-14)17(21)22-15(16(19)20)12-5-3-2-4-6-12/h2-11,15H,1H3,(H2,19,20)/t11-,15-/m0/s1. The van der Waals surface area contributed by atoms with E-state index in [1.165, 1.54) is 11.8 Å². The Morgan fingerprint density at radius 3 is 2.26 bits per heavy atom. The summed E-state index contributed by atoms with van der Waals surface area (Å²) in [5.74, 6) is -1.20. The van der Waals surface area contributed by atoms with Crippen molar-refractivity contribution in [1.82, 2.24) is 0 Å². The SMILES string of the molecule is C[C@H](Sc1ccc(Cl)cc1)C(=O)O[C@H](C(N)=O)c1ccccc1. The third kappa shape index (κ3) is 5.01. The van der Waals surface area contributed by atoms with Crippen LogP contribution in [0.1, 0.15) is 18.6 Å². The first-order valence-electron chi connectivity index (χ1n) is 6.94. The minimum Gasteiger partial charge on any atom is -0.446 e. The van der Waals surface area contributed by atoms with E-state index in [1.807, 2.05) is 18.2 Å². The zero-order valence-corrected chi connectivity index (χ0v) is 14.0. The summed E-state index contributed by atoms with van der Waals surface area (Å²) in [5.41, 5.74) is 5.90. The molecule has 120 valence electrons. The van der Waals surface area contributed by atoms with E-state index in [-0.39, 0.29) is 0 Å². The summed E-state index contributed by atoms with van der Waals surface area (Å²) in [4.78, 5) is 24.7. The van der Waals surface area contributed by atoms with E-state index in [2.05, 4.69) is 0 Å². The van der Waals surface area contributed by atoms with Crippen molar-refractivity contribution < 1.29 is 14.3 Å². The molecule has 0 heterocycles. The van der Waals surface area contributed by atoms with Crippen molar-refractivity contribution in [3.05, 3.63) is 65.2 Å². The largest absolute Gasteiger partial charge is 0.446 e. The normalized spacial score (nSPS) is 13.1. The number of carbonyl (C=O) groups excluding carboxylic acids is 2. The van der Waals surface area contributed by atoms with Gasteiger partial charge in [-0.1, -0.05) is 41.9 Å². The van der Waals surface area contributed by atoms with Gasteiger partial charge in [0.25, 0.3) is 5.91 Å².